The number of amides is 1. The molecule has 0 aliphatic carbocycles. The van der Waals surface area contributed by atoms with E-state index in [4.69, 9.17) is 0 Å². The van der Waals surface area contributed by atoms with Crippen LogP contribution in [0.25, 0.3) is 6.08 Å². The molecule has 0 saturated heterocycles. The van der Waals surface area contributed by atoms with Crippen molar-refractivity contribution in [2.75, 3.05) is 25.0 Å². The van der Waals surface area contributed by atoms with Gasteiger partial charge in [0.05, 0.1) is 6.54 Å². The second-order valence-electron chi connectivity index (χ2n) is 5.91. The number of nitrogens with zero attached hydrogens (tertiary/aromatic N) is 1. The van der Waals surface area contributed by atoms with Gasteiger partial charge in [-0.15, -0.1) is 0 Å². The quantitative estimate of drug-likeness (QED) is 0.783. The zero-order valence-corrected chi connectivity index (χ0v) is 14.5. The molecule has 0 radical (unpaired) electrons. The van der Waals surface area contributed by atoms with Gasteiger partial charge in [0.1, 0.15) is 0 Å². The van der Waals surface area contributed by atoms with Crippen LogP contribution in [0.1, 0.15) is 24.5 Å². The van der Waals surface area contributed by atoms with Crippen LogP contribution in [0.3, 0.4) is 0 Å². The number of aryl methyl sites for hydroxylation is 1. The van der Waals surface area contributed by atoms with E-state index in [0.29, 0.717) is 6.54 Å². The molecule has 2 aromatic carbocycles. The predicted octanol–water partition coefficient (Wildman–Crippen LogP) is 4.36. The first-order chi connectivity index (χ1) is 11.7. The summed E-state index contributed by atoms with van der Waals surface area (Å²) in [6, 6.07) is 18.1. The highest BCUT2D eigenvalue weighted by atomic mass is 16.2. The molecule has 24 heavy (non-hydrogen) atoms. The van der Waals surface area contributed by atoms with Gasteiger partial charge in [0.25, 0.3) is 0 Å². The Bertz CT molecular complexity index is 665. The van der Waals surface area contributed by atoms with E-state index in [1.54, 1.807) is 0 Å². The summed E-state index contributed by atoms with van der Waals surface area (Å²) in [6.45, 7) is 6.21. The van der Waals surface area contributed by atoms with Gasteiger partial charge in [-0.3, -0.25) is 9.69 Å². The molecule has 0 bridgehead atoms. The van der Waals surface area contributed by atoms with Crippen molar-refractivity contribution in [1.29, 1.82) is 0 Å². The van der Waals surface area contributed by atoms with Crippen LogP contribution in [-0.2, 0) is 4.79 Å². The van der Waals surface area contributed by atoms with Crippen molar-refractivity contribution in [3.63, 3.8) is 0 Å². The standard InChI is InChI=1S/C21H26N2O/c1-3-15-23(16-9-13-19-11-5-4-6-12-19)17-21(24)22-20-14-8-7-10-18(20)2/h4-14H,3,15-17H2,1-2H3,(H,22,24)/b13-9+. The molecule has 0 unspecified atom stereocenters. The number of rotatable bonds is 8. The van der Waals surface area contributed by atoms with Crippen molar-refractivity contribution in [2.24, 2.45) is 0 Å². The molecule has 126 valence electrons. The highest BCUT2D eigenvalue weighted by molar-refractivity contribution is 5.92. The Morgan fingerprint density at radius 2 is 1.79 bits per heavy atom. The van der Waals surface area contributed by atoms with Crippen molar-refractivity contribution in [2.45, 2.75) is 20.3 Å². The molecule has 1 N–H and O–H groups in total. The summed E-state index contributed by atoms with van der Waals surface area (Å²) in [5.74, 6) is 0.0332. The smallest absolute Gasteiger partial charge is 0.238 e. The fraction of sp³-hybridized carbons (Fsp3) is 0.286. The van der Waals surface area contributed by atoms with Crippen LogP contribution in [0.15, 0.2) is 60.7 Å². The molecule has 2 rings (SSSR count). The number of nitrogens with one attached hydrogen (secondary N) is 1. The minimum Gasteiger partial charge on any atom is -0.325 e. The Hall–Kier alpha value is -2.39. The zero-order chi connectivity index (χ0) is 17.2. The van der Waals surface area contributed by atoms with Gasteiger partial charge >= 0.3 is 0 Å². The van der Waals surface area contributed by atoms with Crippen LogP contribution in [0, 0.1) is 6.92 Å². The van der Waals surface area contributed by atoms with Crippen LogP contribution in [-0.4, -0.2) is 30.4 Å². The van der Waals surface area contributed by atoms with Crippen LogP contribution < -0.4 is 5.32 Å². The molecule has 2 aromatic rings. The number of hydrogen-bond donors (Lipinski definition) is 1. The van der Waals surface area contributed by atoms with Crippen molar-refractivity contribution in [1.82, 2.24) is 4.90 Å². The zero-order valence-electron chi connectivity index (χ0n) is 14.5. The highest BCUT2D eigenvalue weighted by Crippen LogP contribution is 2.13. The average Bonchev–Trinajstić information content (AvgIpc) is 2.58. The van der Waals surface area contributed by atoms with Gasteiger partial charge in [-0.05, 0) is 37.1 Å². The first kappa shape index (κ1) is 18.0. The number of para-hydroxylation sites is 1. The lowest BCUT2D eigenvalue weighted by Crippen LogP contribution is -2.34. The minimum absolute atomic E-state index is 0.0332. The van der Waals surface area contributed by atoms with E-state index in [-0.39, 0.29) is 5.91 Å². The molecule has 0 heterocycles. The van der Waals surface area contributed by atoms with E-state index in [2.05, 4.69) is 41.4 Å². The Morgan fingerprint density at radius 1 is 1.08 bits per heavy atom. The molecule has 0 aromatic heterocycles. The number of hydrogen-bond acceptors (Lipinski definition) is 2. The maximum atomic E-state index is 12.3. The molecule has 0 atom stereocenters. The van der Waals surface area contributed by atoms with Gasteiger partial charge < -0.3 is 5.32 Å². The molecule has 0 spiro atoms. The van der Waals surface area contributed by atoms with Crippen LogP contribution >= 0.6 is 0 Å². The first-order valence-electron chi connectivity index (χ1n) is 8.48. The Kier molecular flexibility index (Phi) is 7.24. The third-order valence-corrected chi connectivity index (χ3v) is 3.80. The van der Waals surface area contributed by atoms with Gasteiger partial charge in [0, 0.05) is 12.2 Å². The van der Waals surface area contributed by atoms with Gasteiger partial charge in [0.15, 0.2) is 0 Å². The summed E-state index contributed by atoms with van der Waals surface area (Å²) < 4.78 is 0. The molecular weight excluding hydrogens is 296 g/mol. The van der Waals surface area contributed by atoms with Crippen molar-refractivity contribution in [3.8, 4) is 0 Å². The molecule has 1 amide bonds. The Morgan fingerprint density at radius 3 is 2.50 bits per heavy atom. The topological polar surface area (TPSA) is 32.3 Å². The average molecular weight is 322 g/mol. The summed E-state index contributed by atoms with van der Waals surface area (Å²) in [6.07, 6.45) is 5.24. The van der Waals surface area contributed by atoms with Crippen molar-refractivity contribution >= 4 is 17.7 Å². The Labute approximate surface area is 145 Å². The Balaban J connectivity index is 1.89. The summed E-state index contributed by atoms with van der Waals surface area (Å²) in [7, 11) is 0. The third-order valence-electron chi connectivity index (χ3n) is 3.80. The maximum Gasteiger partial charge on any atom is 0.238 e. The minimum atomic E-state index is 0.0332. The van der Waals surface area contributed by atoms with Crippen molar-refractivity contribution in [3.05, 3.63) is 71.8 Å². The van der Waals surface area contributed by atoms with Crippen LogP contribution in [0.5, 0.6) is 0 Å². The highest BCUT2D eigenvalue weighted by Gasteiger charge is 2.09. The van der Waals surface area contributed by atoms with E-state index in [1.807, 2.05) is 49.4 Å². The van der Waals surface area contributed by atoms with E-state index in [1.165, 1.54) is 5.56 Å². The van der Waals surface area contributed by atoms with E-state index in [9.17, 15) is 4.79 Å². The van der Waals surface area contributed by atoms with Gasteiger partial charge in [0.2, 0.25) is 5.91 Å². The monoisotopic (exact) mass is 322 g/mol. The lowest BCUT2D eigenvalue weighted by atomic mass is 10.2. The first-order valence-corrected chi connectivity index (χ1v) is 8.48. The van der Waals surface area contributed by atoms with Gasteiger partial charge in [-0.25, -0.2) is 0 Å². The normalized spacial score (nSPS) is 11.1. The molecule has 0 fully saturated rings. The molecule has 3 heteroatoms. The summed E-state index contributed by atoms with van der Waals surface area (Å²) >= 11 is 0. The SMILES string of the molecule is CCCN(C/C=C/c1ccccc1)CC(=O)Nc1ccccc1C. The second-order valence-corrected chi connectivity index (χ2v) is 5.91. The number of anilines is 1. The number of benzene rings is 2. The summed E-state index contributed by atoms with van der Waals surface area (Å²) in [5.41, 5.74) is 3.15. The number of carbonyl (C=O) groups is 1. The summed E-state index contributed by atoms with van der Waals surface area (Å²) in [4.78, 5) is 14.5. The predicted molar refractivity (Wildman–Crippen MR) is 102 cm³/mol. The number of carbonyl (C=O) groups excluding carboxylic acids is 1. The largest absolute Gasteiger partial charge is 0.325 e. The third kappa shape index (κ3) is 6.01. The van der Waals surface area contributed by atoms with Crippen LogP contribution in [0.4, 0.5) is 5.69 Å². The maximum absolute atomic E-state index is 12.3. The lowest BCUT2D eigenvalue weighted by molar-refractivity contribution is -0.117. The van der Waals surface area contributed by atoms with Gasteiger partial charge in [-0.1, -0.05) is 67.6 Å². The van der Waals surface area contributed by atoms with Crippen LogP contribution in [0.2, 0.25) is 0 Å². The molecule has 0 saturated carbocycles. The van der Waals surface area contributed by atoms with Crippen molar-refractivity contribution < 1.29 is 4.79 Å². The fourth-order valence-electron chi connectivity index (χ4n) is 2.56. The van der Waals surface area contributed by atoms with E-state index >= 15 is 0 Å². The van der Waals surface area contributed by atoms with E-state index in [0.717, 1.165) is 30.8 Å². The molecule has 0 aliphatic heterocycles. The summed E-state index contributed by atoms with van der Waals surface area (Å²) in [5, 5.41) is 3.00. The van der Waals surface area contributed by atoms with E-state index < -0.39 is 0 Å². The fourth-order valence-corrected chi connectivity index (χ4v) is 2.56. The molecular formula is C21H26N2O. The molecule has 3 nitrogen and oxygen atoms in total. The lowest BCUT2D eigenvalue weighted by Gasteiger charge is -2.19. The van der Waals surface area contributed by atoms with Gasteiger partial charge in [-0.2, -0.15) is 0 Å². The molecule has 0 aliphatic rings. The second kappa shape index (κ2) is 9.68.